The fraction of sp³-hybridized carbons (Fsp3) is 0.533. The average molecular weight is 262 g/mol. The van der Waals surface area contributed by atoms with E-state index in [4.69, 9.17) is 4.74 Å². The SMILES string of the molecule is COC(=O)Cc1ccccc1CN1CCNC[C@H]1C. The van der Waals surface area contributed by atoms with Crippen LogP contribution in [0.25, 0.3) is 0 Å². The van der Waals surface area contributed by atoms with E-state index in [9.17, 15) is 4.79 Å². The summed E-state index contributed by atoms with van der Waals surface area (Å²) in [5.74, 6) is -0.180. The van der Waals surface area contributed by atoms with Crippen LogP contribution in [0.5, 0.6) is 0 Å². The fourth-order valence-electron chi connectivity index (χ4n) is 2.45. The monoisotopic (exact) mass is 262 g/mol. The first-order valence-electron chi connectivity index (χ1n) is 6.79. The number of esters is 1. The molecular weight excluding hydrogens is 240 g/mol. The molecule has 1 saturated heterocycles. The van der Waals surface area contributed by atoms with E-state index >= 15 is 0 Å². The lowest BCUT2D eigenvalue weighted by Crippen LogP contribution is -2.49. The van der Waals surface area contributed by atoms with Gasteiger partial charge in [0.25, 0.3) is 0 Å². The van der Waals surface area contributed by atoms with Crippen molar-refractivity contribution in [2.75, 3.05) is 26.7 Å². The van der Waals surface area contributed by atoms with Crippen LogP contribution in [0.2, 0.25) is 0 Å². The summed E-state index contributed by atoms with van der Waals surface area (Å²) in [5, 5.41) is 3.39. The van der Waals surface area contributed by atoms with Crippen LogP contribution >= 0.6 is 0 Å². The first-order valence-corrected chi connectivity index (χ1v) is 6.79. The minimum absolute atomic E-state index is 0.180. The number of ether oxygens (including phenoxy) is 1. The summed E-state index contributed by atoms with van der Waals surface area (Å²) in [6, 6.07) is 8.65. The third kappa shape index (κ3) is 3.78. The summed E-state index contributed by atoms with van der Waals surface area (Å²) in [4.78, 5) is 13.9. The largest absolute Gasteiger partial charge is 0.469 e. The zero-order valence-corrected chi connectivity index (χ0v) is 11.7. The van der Waals surface area contributed by atoms with Crippen molar-refractivity contribution in [2.45, 2.75) is 25.9 Å². The van der Waals surface area contributed by atoms with Crippen molar-refractivity contribution >= 4 is 5.97 Å². The Hall–Kier alpha value is -1.39. The number of methoxy groups -OCH3 is 1. The van der Waals surface area contributed by atoms with Crippen LogP contribution in [0.3, 0.4) is 0 Å². The topological polar surface area (TPSA) is 41.6 Å². The van der Waals surface area contributed by atoms with E-state index in [1.807, 2.05) is 18.2 Å². The molecule has 1 N–H and O–H groups in total. The van der Waals surface area contributed by atoms with Crippen LogP contribution in [-0.4, -0.2) is 43.7 Å². The van der Waals surface area contributed by atoms with E-state index in [1.54, 1.807) is 0 Å². The Labute approximate surface area is 114 Å². The van der Waals surface area contributed by atoms with Crippen molar-refractivity contribution in [3.05, 3.63) is 35.4 Å². The number of nitrogens with zero attached hydrogens (tertiary/aromatic N) is 1. The Kier molecular flexibility index (Phi) is 4.93. The maximum atomic E-state index is 11.4. The van der Waals surface area contributed by atoms with Gasteiger partial charge in [-0.1, -0.05) is 24.3 Å². The highest BCUT2D eigenvalue weighted by Crippen LogP contribution is 2.15. The molecule has 2 rings (SSSR count). The third-order valence-electron chi connectivity index (χ3n) is 3.69. The van der Waals surface area contributed by atoms with Gasteiger partial charge in [-0.2, -0.15) is 0 Å². The molecule has 19 heavy (non-hydrogen) atoms. The van der Waals surface area contributed by atoms with Crippen LogP contribution in [0.1, 0.15) is 18.1 Å². The van der Waals surface area contributed by atoms with E-state index < -0.39 is 0 Å². The molecule has 0 aliphatic carbocycles. The van der Waals surface area contributed by atoms with Crippen LogP contribution in [-0.2, 0) is 22.5 Å². The summed E-state index contributed by atoms with van der Waals surface area (Å²) in [7, 11) is 1.43. The van der Waals surface area contributed by atoms with Crippen molar-refractivity contribution in [3.8, 4) is 0 Å². The van der Waals surface area contributed by atoms with Crippen molar-refractivity contribution in [1.29, 1.82) is 0 Å². The molecule has 4 nitrogen and oxygen atoms in total. The maximum absolute atomic E-state index is 11.4. The smallest absolute Gasteiger partial charge is 0.309 e. The van der Waals surface area contributed by atoms with Gasteiger partial charge in [-0.25, -0.2) is 0 Å². The molecule has 1 aromatic rings. The van der Waals surface area contributed by atoms with Gasteiger partial charge in [0, 0.05) is 32.2 Å². The van der Waals surface area contributed by atoms with Crippen molar-refractivity contribution < 1.29 is 9.53 Å². The van der Waals surface area contributed by atoms with Gasteiger partial charge in [-0.3, -0.25) is 9.69 Å². The summed E-state index contributed by atoms with van der Waals surface area (Å²) >= 11 is 0. The van der Waals surface area contributed by atoms with E-state index in [0.717, 1.165) is 31.7 Å². The number of hydrogen-bond acceptors (Lipinski definition) is 4. The lowest BCUT2D eigenvalue weighted by atomic mass is 10.0. The molecule has 0 unspecified atom stereocenters. The molecule has 0 aromatic heterocycles. The van der Waals surface area contributed by atoms with Gasteiger partial charge in [-0.15, -0.1) is 0 Å². The van der Waals surface area contributed by atoms with E-state index in [2.05, 4.69) is 23.2 Å². The number of piperazine rings is 1. The Morgan fingerprint density at radius 3 is 2.84 bits per heavy atom. The molecule has 1 heterocycles. The van der Waals surface area contributed by atoms with Crippen molar-refractivity contribution in [1.82, 2.24) is 10.2 Å². The van der Waals surface area contributed by atoms with Crippen LogP contribution in [0, 0.1) is 0 Å². The number of rotatable bonds is 4. The zero-order valence-electron chi connectivity index (χ0n) is 11.7. The minimum Gasteiger partial charge on any atom is -0.469 e. The standard InChI is InChI=1S/C15H22N2O2/c1-12-10-16-7-8-17(12)11-14-6-4-3-5-13(14)9-15(18)19-2/h3-6,12,16H,7-11H2,1-2H3/t12-/m1/s1. The van der Waals surface area contributed by atoms with E-state index in [-0.39, 0.29) is 5.97 Å². The lowest BCUT2D eigenvalue weighted by Gasteiger charge is -2.34. The predicted octanol–water partition coefficient (Wildman–Crippen LogP) is 1.20. The highest BCUT2D eigenvalue weighted by molar-refractivity contribution is 5.72. The molecular formula is C15H22N2O2. The van der Waals surface area contributed by atoms with Gasteiger partial charge >= 0.3 is 5.97 Å². The van der Waals surface area contributed by atoms with Crippen molar-refractivity contribution in [2.24, 2.45) is 0 Å². The highest BCUT2D eigenvalue weighted by atomic mass is 16.5. The zero-order chi connectivity index (χ0) is 13.7. The number of carbonyl (C=O) groups excluding carboxylic acids is 1. The third-order valence-corrected chi connectivity index (χ3v) is 3.69. The Balaban J connectivity index is 2.08. The number of nitrogens with one attached hydrogen (secondary N) is 1. The molecule has 1 fully saturated rings. The molecule has 0 amide bonds. The van der Waals surface area contributed by atoms with Crippen LogP contribution < -0.4 is 5.32 Å². The molecule has 0 saturated carbocycles. The molecule has 4 heteroatoms. The molecule has 104 valence electrons. The lowest BCUT2D eigenvalue weighted by molar-refractivity contribution is -0.139. The van der Waals surface area contributed by atoms with Crippen LogP contribution in [0.15, 0.2) is 24.3 Å². The van der Waals surface area contributed by atoms with E-state index in [1.165, 1.54) is 12.7 Å². The van der Waals surface area contributed by atoms with Gasteiger partial charge < -0.3 is 10.1 Å². The van der Waals surface area contributed by atoms with E-state index in [0.29, 0.717) is 12.5 Å². The fourth-order valence-corrected chi connectivity index (χ4v) is 2.45. The molecule has 0 spiro atoms. The molecule has 1 aromatic carbocycles. The molecule has 0 bridgehead atoms. The van der Waals surface area contributed by atoms with Gasteiger partial charge in [0.15, 0.2) is 0 Å². The maximum Gasteiger partial charge on any atom is 0.309 e. The number of benzene rings is 1. The molecule has 1 aliphatic heterocycles. The highest BCUT2D eigenvalue weighted by Gasteiger charge is 2.19. The van der Waals surface area contributed by atoms with Gasteiger partial charge in [0.1, 0.15) is 0 Å². The van der Waals surface area contributed by atoms with Gasteiger partial charge in [-0.05, 0) is 18.1 Å². The molecule has 0 radical (unpaired) electrons. The summed E-state index contributed by atoms with van der Waals surface area (Å²) in [5.41, 5.74) is 2.29. The summed E-state index contributed by atoms with van der Waals surface area (Å²) in [6.07, 6.45) is 0.354. The predicted molar refractivity (Wildman–Crippen MR) is 74.9 cm³/mol. The first kappa shape index (κ1) is 14.0. The normalized spacial score (nSPS) is 20.2. The Morgan fingerprint density at radius 2 is 2.16 bits per heavy atom. The Morgan fingerprint density at radius 1 is 1.42 bits per heavy atom. The van der Waals surface area contributed by atoms with Gasteiger partial charge in [0.05, 0.1) is 13.5 Å². The second kappa shape index (κ2) is 6.68. The second-order valence-electron chi connectivity index (χ2n) is 5.05. The second-order valence-corrected chi connectivity index (χ2v) is 5.05. The first-order chi connectivity index (χ1) is 9.20. The minimum atomic E-state index is -0.180. The average Bonchev–Trinajstić information content (AvgIpc) is 2.43. The number of hydrogen-bond donors (Lipinski definition) is 1. The summed E-state index contributed by atoms with van der Waals surface area (Å²) < 4.78 is 4.76. The number of carbonyl (C=O) groups is 1. The van der Waals surface area contributed by atoms with Gasteiger partial charge in [0.2, 0.25) is 0 Å². The van der Waals surface area contributed by atoms with Crippen molar-refractivity contribution in [3.63, 3.8) is 0 Å². The Bertz CT molecular complexity index is 434. The molecule has 1 atom stereocenters. The quantitative estimate of drug-likeness (QED) is 0.828. The summed E-state index contributed by atoms with van der Waals surface area (Å²) in [6.45, 7) is 6.24. The van der Waals surface area contributed by atoms with Crippen LogP contribution in [0.4, 0.5) is 0 Å². The molecule has 1 aliphatic rings.